The number of nitrogens with zero attached hydrogens (tertiary/aromatic N) is 1. The molecule has 0 saturated carbocycles. The van der Waals surface area contributed by atoms with Crippen molar-refractivity contribution in [1.29, 1.82) is 0 Å². The number of aliphatic carboxylic acids is 2. The molecule has 0 bridgehead atoms. The quantitative estimate of drug-likeness (QED) is 0.0480. The summed E-state index contributed by atoms with van der Waals surface area (Å²) >= 11 is 0. The van der Waals surface area contributed by atoms with E-state index in [1.807, 2.05) is 0 Å². The first-order chi connectivity index (χ1) is 16.4. The molecule has 0 spiro atoms. The van der Waals surface area contributed by atoms with Crippen LogP contribution in [0.4, 0.5) is 0 Å². The van der Waals surface area contributed by atoms with Gasteiger partial charge in [0.1, 0.15) is 24.2 Å². The van der Waals surface area contributed by atoms with Crippen molar-refractivity contribution in [2.75, 3.05) is 19.7 Å². The standard InChI is InChI=1S/C19H36N8O8/c20-6-2-1-4-11(17(33)27-13(18(34)35)8-14(29)30)26-16(32)12(5-3-7-24-19(22)23)25-15(31)10(21)9-28/h10-13,28H,1-9,20-21H2,(H,25,31)(H,26,32)(H,27,33)(H,29,30)(H,34,35)(H4,22,23,24). The van der Waals surface area contributed by atoms with E-state index in [-0.39, 0.29) is 31.8 Å². The van der Waals surface area contributed by atoms with Gasteiger partial charge in [-0.25, -0.2) is 4.79 Å². The van der Waals surface area contributed by atoms with Crippen LogP contribution in [0.1, 0.15) is 38.5 Å². The monoisotopic (exact) mass is 504 g/mol. The van der Waals surface area contributed by atoms with Crippen LogP contribution in [-0.2, 0) is 24.0 Å². The maximum absolute atomic E-state index is 12.9. The summed E-state index contributed by atoms with van der Waals surface area (Å²) in [7, 11) is 0. The smallest absolute Gasteiger partial charge is 0.326 e. The molecule has 0 rings (SSSR count). The highest BCUT2D eigenvalue weighted by molar-refractivity contribution is 5.94. The Labute approximate surface area is 201 Å². The number of nitrogens with one attached hydrogen (secondary N) is 3. The van der Waals surface area contributed by atoms with Gasteiger partial charge < -0.3 is 54.2 Å². The van der Waals surface area contributed by atoms with Crippen LogP contribution >= 0.6 is 0 Å². The van der Waals surface area contributed by atoms with E-state index in [1.165, 1.54) is 0 Å². The number of nitrogens with two attached hydrogens (primary N) is 4. The molecule has 0 aromatic rings. The molecule has 0 aliphatic heterocycles. The lowest BCUT2D eigenvalue weighted by molar-refractivity contribution is -0.147. The number of aliphatic hydroxyl groups excluding tert-OH is 1. The van der Waals surface area contributed by atoms with E-state index in [0.29, 0.717) is 19.4 Å². The van der Waals surface area contributed by atoms with E-state index in [2.05, 4.69) is 20.9 Å². The van der Waals surface area contributed by atoms with Crippen molar-refractivity contribution < 1.29 is 39.3 Å². The van der Waals surface area contributed by atoms with Crippen LogP contribution in [0.2, 0.25) is 0 Å². The molecule has 16 heteroatoms. The Morgan fingerprint density at radius 1 is 0.800 bits per heavy atom. The summed E-state index contributed by atoms with van der Waals surface area (Å²) in [5, 5.41) is 34.1. The van der Waals surface area contributed by atoms with Crippen molar-refractivity contribution in [3.63, 3.8) is 0 Å². The first-order valence-corrected chi connectivity index (χ1v) is 10.9. The fourth-order valence-electron chi connectivity index (χ4n) is 2.81. The average molecular weight is 505 g/mol. The van der Waals surface area contributed by atoms with Crippen LogP contribution in [0.15, 0.2) is 4.99 Å². The Bertz CT molecular complexity index is 759. The molecular weight excluding hydrogens is 468 g/mol. The first-order valence-electron chi connectivity index (χ1n) is 10.9. The molecule has 0 aliphatic carbocycles. The molecule has 14 N–H and O–H groups in total. The lowest BCUT2D eigenvalue weighted by Gasteiger charge is -2.25. The van der Waals surface area contributed by atoms with Crippen LogP contribution in [-0.4, -0.2) is 94.8 Å². The number of carbonyl (C=O) groups excluding carboxylic acids is 3. The van der Waals surface area contributed by atoms with Crippen molar-refractivity contribution in [3.8, 4) is 0 Å². The van der Waals surface area contributed by atoms with Gasteiger partial charge in [-0.15, -0.1) is 0 Å². The van der Waals surface area contributed by atoms with Gasteiger partial charge in [0.15, 0.2) is 5.96 Å². The number of carboxylic acid groups (broad SMARTS) is 2. The predicted molar refractivity (Wildman–Crippen MR) is 124 cm³/mol. The Kier molecular flexibility index (Phi) is 15.3. The fourth-order valence-corrected chi connectivity index (χ4v) is 2.81. The highest BCUT2D eigenvalue weighted by Crippen LogP contribution is 2.06. The summed E-state index contributed by atoms with van der Waals surface area (Å²) in [5.41, 5.74) is 21.5. The molecule has 0 heterocycles. The summed E-state index contributed by atoms with van der Waals surface area (Å²) in [6.45, 7) is -0.218. The number of unbranched alkanes of at least 4 members (excludes halogenated alkanes) is 1. The Morgan fingerprint density at radius 2 is 1.31 bits per heavy atom. The average Bonchev–Trinajstić information content (AvgIpc) is 2.78. The molecular formula is C19H36N8O8. The molecule has 35 heavy (non-hydrogen) atoms. The van der Waals surface area contributed by atoms with Crippen molar-refractivity contribution in [3.05, 3.63) is 0 Å². The van der Waals surface area contributed by atoms with Gasteiger partial charge in [-0.2, -0.15) is 0 Å². The second-order valence-corrected chi connectivity index (χ2v) is 7.64. The lowest BCUT2D eigenvalue weighted by Crippen LogP contribution is -2.57. The molecule has 0 fully saturated rings. The normalized spacial score (nSPS) is 14.0. The summed E-state index contributed by atoms with van der Waals surface area (Å²) in [4.78, 5) is 63.7. The van der Waals surface area contributed by atoms with Gasteiger partial charge in [-0.05, 0) is 38.6 Å². The number of hydrogen-bond donors (Lipinski definition) is 10. The van der Waals surface area contributed by atoms with E-state index in [0.717, 1.165) is 0 Å². The van der Waals surface area contributed by atoms with Crippen LogP contribution in [0.5, 0.6) is 0 Å². The van der Waals surface area contributed by atoms with Gasteiger partial charge in [0, 0.05) is 6.54 Å². The van der Waals surface area contributed by atoms with E-state index < -0.39 is 66.9 Å². The predicted octanol–water partition coefficient (Wildman–Crippen LogP) is -4.50. The van der Waals surface area contributed by atoms with E-state index >= 15 is 0 Å². The number of rotatable bonds is 18. The zero-order valence-electron chi connectivity index (χ0n) is 19.3. The van der Waals surface area contributed by atoms with Crippen LogP contribution in [0, 0.1) is 0 Å². The largest absolute Gasteiger partial charge is 0.481 e. The van der Waals surface area contributed by atoms with Crippen LogP contribution in [0.3, 0.4) is 0 Å². The fraction of sp³-hybridized carbons (Fsp3) is 0.684. The van der Waals surface area contributed by atoms with Gasteiger partial charge in [-0.1, -0.05) is 0 Å². The van der Waals surface area contributed by atoms with Gasteiger partial charge in [0.2, 0.25) is 17.7 Å². The zero-order chi connectivity index (χ0) is 27.0. The lowest BCUT2D eigenvalue weighted by atomic mass is 10.0. The first kappa shape index (κ1) is 31.5. The third-order valence-electron chi connectivity index (χ3n) is 4.68. The third kappa shape index (κ3) is 13.7. The summed E-state index contributed by atoms with van der Waals surface area (Å²) in [6, 6.07) is -5.44. The molecule has 4 atom stereocenters. The van der Waals surface area contributed by atoms with Crippen LogP contribution < -0.4 is 38.9 Å². The SMILES string of the molecule is NCCCCC(NC(=O)C(CCCN=C(N)N)NC(=O)C(N)CO)C(=O)NC(CC(=O)O)C(=O)O. The highest BCUT2D eigenvalue weighted by atomic mass is 16.4. The molecule has 0 saturated heterocycles. The summed E-state index contributed by atoms with van der Waals surface area (Å²) in [5.74, 6) is -5.68. The Balaban J connectivity index is 5.56. The molecule has 16 nitrogen and oxygen atoms in total. The number of carboxylic acids is 2. The van der Waals surface area contributed by atoms with E-state index in [9.17, 15) is 29.1 Å². The zero-order valence-corrected chi connectivity index (χ0v) is 19.3. The third-order valence-corrected chi connectivity index (χ3v) is 4.68. The van der Waals surface area contributed by atoms with Crippen molar-refractivity contribution in [2.24, 2.45) is 27.9 Å². The minimum absolute atomic E-state index is 0.0421. The summed E-state index contributed by atoms with van der Waals surface area (Å²) in [6.07, 6.45) is 0.393. The molecule has 0 aromatic heterocycles. The second-order valence-electron chi connectivity index (χ2n) is 7.64. The molecule has 4 unspecified atom stereocenters. The number of aliphatic imine (C=N–C) groups is 1. The van der Waals surface area contributed by atoms with Crippen LogP contribution in [0.25, 0.3) is 0 Å². The van der Waals surface area contributed by atoms with Crippen molar-refractivity contribution in [2.45, 2.75) is 62.7 Å². The molecule has 0 aromatic carbocycles. The van der Waals surface area contributed by atoms with Gasteiger partial charge in [0.05, 0.1) is 13.0 Å². The maximum Gasteiger partial charge on any atom is 0.326 e. The minimum atomic E-state index is -1.72. The Morgan fingerprint density at radius 3 is 1.77 bits per heavy atom. The molecule has 200 valence electrons. The number of amides is 3. The van der Waals surface area contributed by atoms with Gasteiger partial charge in [-0.3, -0.25) is 24.2 Å². The Hall–Kier alpha value is -3.50. The van der Waals surface area contributed by atoms with Crippen molar-refractivity contribution in [1.82, 2.24) is 16.0 Å². The number of aliphatic hydroxyl groups is 1. The van der Waals surface area contributed by atoms with Crippen molar-refractivity contribution >= 4 is 35.6 Å². The second kappa shape index (κ2) is 17.0. The highest BCUT2D eigenvalue weighted by Gasteiger charge is 2.30. The topological polar surface area (TPSA) is 299 Å². The minimum Gasteiger partial charge on any atom is -0.481 e. The number of hydrogen-bond acceptors (Lipinski definition) is 9. The van der Waals surface area contributed by atoms with Gasteiger partial charge in [0.25, 0.3) is 0 Å². The van der Waals surface area contributed by atoms with E-state index in [4.69, 9.17) is 33.1 Å². The van der Waals surface area contributed by atoms with E-state index in [1.54, 1.807) is 0 Å². The molecule has 0 radical (unpaired) electrons. The van der Waals surface area contributed by atoms with Gasteiger partial charge >= 0.3 is 11.9 Å². The molecule has 0 aliphatic rings. The summed E-state index contributed by atoms with van der Waals surface area (Å²) < 4.78 is 0. The number of carbonyl (C=O) groups is 5. The molecule has 3 amide bonds. The number of guanidine groups is 1. The maximum atomic E-state index is 12.9.